The van der Waals surface area contributed by atoms with Crippen LogP contribution in [0.15, 0.2) is 18.2 Å². The highest BCUT2D eigenvalue weighted by molar-refractivity contribution is 5.40. The standard InChI is InChI=1S/C11H16O4/c12-5-1-2-9(13)6-8-3-4-10(14)11(15)7-8/h3-4,7,9,12-15H,1-2,5-6H2. The molecule has 1 atom stereocenters. The molecule has 0 spiro atoms. The van der Waals surface area contributed by atoms with E-state index < -0.39 is 6.10 Å². The van der Waals surface area contributed by atoms with E-state index in [9.17, 15) is 10.2 Å². The largest absolute Gasteiger partial charge is 0.504 e. The molecule has 1 aromatic rings. The summed E-state index contributed by atoms with van der Waals surface area (Å²) >= 11 is 0. The Labute approximate surface area is 88.4 Å². The maximum atomic E-state index is 9.54. The van der Waals surface area contributed by atoms with E-state index >= 15 is 0 Å². The molecule has 0 heterocycles. The maximum absolute atomic E-state index is 9.54. The Hall–Kier alpha value is -1.26. The summed E-state index contributed by atoms with van der Waals surface area (Å²) in [5, 5.41) is 36.4. The smallest absolute Gasteiger partial charge is 0.157 e. The lowest BCUT2D eigenvalue weighted by Crippen LogP contribution is -2.10. The Balaban J connectivity index is 2.53. The highest BCUT2D eigenvalue weighted by atomic mass is 16.3. The minimum absolute atomic E-state index is 0.0673. The molecule has 4 N–H and O–H groups in total. The molecule has 15 heavy (non-hydrogen) atoms. The number of phenols is 2. The summed E-state index contributed by atoms with van der Waals surface area (Å²) in [5.74, 6) is -0.342. The molecule has 0 aliphatic heterocycles. The minimum Gasteiger partial charge on any atom is -0.504 e. The van der Waals surface area contributed by atoms with E-state index in [4.69, 9.17) is 10.2 Å². The zero-order valence-corrected chi connectivity index (χ0v) is 8.43. The molecule has 1 aromatic carbocycles. The second-order valence-electron chi connectivity index (χ2n) is 3.55. The molecule has 0 saturated carbocycles. The van der Waals surface area contributed by atoms with Crippen LogP contribution in [0.2, 0.25) is 0 Å². The highest BCUT2D eigenvalue weighted by Crippen LogP contribution is 2.25. The molecule has 0 aliphatic carbocycles. The van der Waals surface area contributed by atoms with Crippen LogP contribution < -0.4 is 0 Å². The quantitative estimate of drug-likeness (QED) is 0.543. The SMILES string of the molecule is OCCCC(O)Cc1ccc(O)c(O)c1. The van der Waals surface area contributed by atoms with Crippen LogP contribution in [0.3, 0.4) is 0 Å². The van der Waals surface area contributed by atoms with Gasteiger partial charge in [-0.3, -0.25) is 0 Å². The molecule has 0 saturated heterocycles. The summed E-state index contributed by atoms with van der Waals surface area (Å²) in [6.45, 7) is 0.0673. The van der Waals surface area contributed by atoms with Gasteiger partial charge in [0.2, 0.25) is 0 Å². The molecule has 0 fully saturated rings. The van der Waals surface area contributed by atoms with E-state index in [2.05, 4.69) is 0 Å². The summed E-state index contributed by atoms with van der Waals surface area (Å²) < 4.78 is 0. The van der Waals surface area contributed by atoms with Gasteiger partial charge in [-0.2, -0.15) is 0 Å². The number of rotatable bonds is 5. The second-order valence-corrected chi connectivity index (χ2v) is 3.55. The van der Waals surface area contributed by atoms with Crippen LogP contribution in [0.25, 0.3) is 0 Å². The molecular formula is C11H16O4. The molecule has 1 rings (SSSR count). The lowest BCUT2D eigenvalue weighted by atomic mass is 10.0. The first-order valence-corrected chi connectivity index (χ1v) is 4.93. The van der Waals surface area contributed by atoms with Crippen LogP contribution in [0.5, 0.6) is 11.5 Å². The van der Waals surface area contributed by atoms with Crippen molar-refractivity contribution in [3.05, 3.63) is 23.8 Å². The summed E-state index contributed by atoms with van der Waals surface area (Å²) in [4.78, 5) is 0. The number of aliphatic hydroxyl groups is 2. The maximum Gasteiger partial charge on any atom is 0.157 e. The van der Waals surface area contributed by atoms with Gasteiger partial charge in [0.05, 0.1) is 6.10 Å². The summed E-state index contributed by atoms with van der Waals surface area (Å²) in [6, 6.07) is 4.47. The van der Waals surface area contributed by atoms with Gasteiger partial charge >= 0.3 is 0 Å². The third kappa shape index (κ3) is 3.77. The molecule has 0 aromatic heterocycles. The van der Waals surface area contributed by atoms with E-state index in [-0.39, 0.29) is 18.1 Å². The topological polar surface area (TPSA) is 80.9 Å². The highest BCUT2D eigenvalue weighted by Gasteiger charge is 2.07. The Kier molecular flexibility index (Phi) is 4.39. The Morgan fingerprint density at radius 1 is 1.13 bits per heavy atom. The van der Waals surface area contributed by atoms with Gasteiger partial charge in [0.1, 0.15) is 0 Å². The number of phenolic OH excluding ortho intramolecular Hbond substituents is 2. The molecule has 1 unspecified atom stereocenters. The van der Waals surface area contributed by atoms with E-state index in [1.807, 2.05) is 0 Å². The Bertz CT molecular complexity index is 311. The van der Waals surface area contributed by atoms with Gasteiger partial charge in [0, 0.05) is 6.61 Å². The summed E-state index contributed by atoms with van der Waals surface area (Å²) in [6.07, 6.45) is 0.970. The van der Waals surface area contributed by atoms with Crippen LogP contribution in [-0.4, -0.2) is 33.1 Å². The molecule has 4 heteroatoms. The molecule has 0 amide bonds. The monoisotopic (exact) mass is 212 g/mol. The first-order valence-electron chi connectivity index (χ1n) is 4.93. The van der Waals surface area contributed by atoms with E-state index in [1.54, 1.807) is 6.07 Å². The number of hydrogen-bond acceptors (Lipinski definition) is 4. The van der Waals surface area contributed by atoms with Crippen LogP contribution in [0.1, 0.15) is 18.4 Å². The van der Waals surface area contributed by atoms with Crippen LogP contribution in [-0.2, 0) is 6.42 Å². The van der Waals surface area contributed by atoms with Crippen molar-refractivity contribution in [2.45, 2.75) is 25.4 Å². The average Bonchev–Trinajstić information content (AvgIpc) is 2.20. The normalized spacial score (nSPS) is 12.7. The van der Waals surface area contributed by atoms with Gasteiger partial charge in [-0.25, -0.2) is 0 Å². The summed E-state index contributed by atoms with van der Waals surface area (Å²) in [7, 11) is 0. The Morgan fingerprint density at radius 3 is 2.47 bits per heavy atom. The number of hydrogen-bond donors (Lipinski definition) is 4. The molecule has 84 valence electrons. The fraction of sp³-hybridized carbons (Fsp3) is 0.455. The van der Waals surface area contributed by atoms with Gasteiger partial charge in [0.15, 0.2) is 11.5 Å². The number of benzene rings is 1. The average molecular weight is 212 g/mol. The van der Waals surface area contributed by atoms with Crippen molar-refractivity contribution in [1.82, 2.24) is 0 Å². The fourth-order valence-electron chi connectivity index (χ4n) is 1.40. The second kappa shape index (κ2) is 5.58. The number of aromatic hydroxyl groups is 2. The molecule has 0 radical (unpaired) electrons. The Morgan fingerprint density at radius 2 is 1.87 bits per heavy atom. The summed E-state index contributed by atoms with van der Waals surface area (Å²) in [5.41, 5.74) is 0.760. The van der Waals surface area contributed by atoms with Gasteiger partial charge in [-0.15, -0.1) is 0 Å². The van der Waals surface area contributed by atoms with E-state index in [0.717, 1.165) is 5.56 Å². The predicted octanol–water partition coefficient (Wildman–Crippen LogP) is 0.774. The van der Waals surface area contributed by atoms with Crippen molar-refractivity contribution in [2.75, 3.05) is 6.61 Å². The zero-order chi connectivity index (χ0) is 11.3. The molecular weight excluding hydrogens is 196 g/mol. The van der Waals surface area contributed by atoms with Crippen molar-refractivity contribution in [1.29, 1.82) is 0 Å². The van der Waals surface area contributed by atoms with Gasteiger partial charge in [-0.05, 0) is 37.0 Å². The van der Waals surface area contributed by atoms with Crippen molar-refractivity contribution in [3.63, 3.8) is 0 Å². The molecule has 0 aliphatic rings. The third-order valence-corrected chi connectivity index (χ3v) is 2.21. The fourth-order valence-corrected chi connectivity index (χ4v) is 1.40. The first-order chi connectivity index (χ1) is 7.13. The van der Waals surface area contributed by atoms with Gasteiger partial charge < -0.3 is 20.4 Å². The minimum atomic E-state index is -0.527. The predicted molar refractivity (Wildman–Crippen MR) is 55.8 cm³/mol. The van der Waals surface area contributed by atoms with Crippen molar-refractivity contribution in [2.24, 2.45) is 0 Å². The van der Waals surface area contributed by atoms with Crippen LogP contribution in [0, 0.1) is 0 Å². The zero-order valence-electron chi connectivity index (χ0n) is 8.43. The number of aliphatic hydroxyl groups excluding tert-OH is 2. The van der Waals surface area contributed by atoms with E-state index in [1.165, 1.54) is 12.1 Å². The molecule has 4 nitrogen and oxygen atoms in total. The lowest BCUT2D eigenvalue weighted by Gasteiger charge is -2.10. The van der Waals surface area contributed by atoms with Crippen molar-refractivity contribution < 1.29 is 20.4 Å². The van der Waals surface area contributed by atoms with Crippen molar-refractivity contribution in [3.8, 4) is 11.5 Å². The first kappa shape index (κ1) is 11.8. The van der Waals surface area contributed by atoms with Crippen LogP contribution in [0.4, 0.5) is 0 Å². The van der Waals surface area contributed by atoms with Gasteiger partial charge in [-0.1, -0.05) is 6.07 Å². The van der Waals surface area contributed by atoms with Crippen LogP contribution >= 0.6 is 0 Å². The van der Waals surface area contributed by atoms with Gasteiger partial charge in [0.25, 0.3) is 0 Å². The van der Waals surface area contributed by atoms with Crippen molar-refractivity contribution >= 4 is 0 Å². The molecule has 0 bridgehead atoms. The lowest BCUT2D eigenvalue weighted by molar-refractivity contribution is 0.150. The van der Waals surface area contributed by atoms with E-state index in [0.29, 0.717) is 19.3 Å². The third-order valence-electron chi connectivity index (χ3n) is 2.21.